The Morgan fingerprint density at radius 2 is 1.62 bits per heavy atom. The lowest BCUT2D eigenvalue weighted by atomic mass is 9.49. The largest absolute Gasteiger partial charge is 0.455 e. The van der Waals surface area contributed by atoms with Gasteiger partial charge in [-0.1, -0.05) is 0 Å². The van der Waals surface area contributed by atoms with Crippen molar-refractivity contribution < 1.29 is 22.7 Å². The molecule has 6 nitrogen and oxygen atoms in total. The summed E-state index contributed by atoms with van der Waals surface area (Å²) < 4.78 is 28.2. The second-order valence-electron chi connectivity index (χ2n) is 8.44. The van der Waals surface area contributed by atoms with Gasteiger partial charge in [0.05, 0.1) is 16.9 Å². The van der Waals surface area contributed by atoms with Crippen LogP contribution >= 0.6 is 0 Å². The van der Waals surface area contributed by atoms with Crippen molar-refractivity contribution in [3.8, 4) is 0 Å². The topological polar surface area (TPSA) is 89.5 Å². The second-order valence-corrected chi connectivity index (χ2v) is 10.7. The molecule has 4 bridgehead atoms. The van der Waals surface area contributed by atoms with Gasteiger partial charge < -0.3 is 10.1 Å². The van der Waals surface area contributed by atoms with E-state index in [2.05, 4.69) is 5.32 Å². The molecule has 1 saturated heterocycles. The number of esters is 1. The molecule has 0 aromatic heterocycles. The molecule has 1 heterocycles. The lowest BCUT2D eigenvalue weighted by molar-refractivity contribution is -0.173. The molecule has 0 spiro atoms. The third-order valence-electron chi connectivity index (χ3n) is 6.40. The number of nitrogens with one attached hydrogen (secondary N) is 1. The fourth-order valence-corrected chi connectivity index (χ4v) is 7.50. The van der Waals surface area contributed by atoms with Gasteiger partial charge in [-0.2, -0.15) is 0 Å². The first kappa shape index (κ1) is 16.4. The van der Waals surface area contributed by atoms with Crippen molar-refractivity contribution >= 4 is 21.7 Å². The molecule has 1 amide bonds. The summed E-state index contributed by atoms with van der Waals surface area (Å²) in [6, 6.07) is -0.347. The monoisotopic (exact) mass is 355 g/mol. The number of carbonyl (C=O) groups is 2. The van der Waals surface area contributed by atoms with E-state index in [1.807, 2.05) is 0 Å². The molecule has 5 rings (SSSR count). The molecule has 1 aliphatic heterocycles. The Morgan fingerprint density at radius 1 is 1.04 bits per heavy atom. The smallest absolute Gasteiger partial charge is 0.312 e. The minimum absolute atomic E-state index is 0.0122. The predicted molar refractivity (Wildman–Crippen MR) is 86.8 cm³/mol. The van der Waals surface area contributed by atoms with E-state index in [0.717, 1.165) is 19.3 Å². The Morgan fingerprint density at radius 3 is 2.12 bits per heavy atom. The second kappa shape index (κ2) is 5.71. The van der Waals surface area contributed by atoms with Crippen LogP contribution in [0.3, 0.4) is 0 Å². The van der Waals surface area contributed by atoms with Gasteiger partial charge in [-0.25, -0.2) is 8.42 Å². The van der Waals surface area contributed by atoms with Crippen molar-refractivity contribution in [2.24, 2.45) is 23.2 Å². The van der Waals surface area contributed by atoms with Crippen LogP contribution in [0.5, 0.6) is 0 Å². The summed E-state index contributed by atoms with van der Waals surface area (Å²) in [7, 11) is -3.03. The molecule has 134 valence electrons. The van der Waals surface area contributed by atoms with Gasteiger partial charge in [0.1, 0.15) is 0 Å². The molecule has 0 aromatic carbocycles. The predicted octanol–water partition coefficient (Wildman–Crippen LogP) is 1.05. The Bertz CT molecular complexity index is 621. The van der Waals surface area contributed by atoms with E-state index in [4.69, 9.17) is 4.74 Å². The maximum atomic E-state index is 12.6. The highest BCUT2D eigenvalue weighted by Crippen LogP contribution is 2.60. The molecule has 0 aromatic rings. The molecular weight excluding hydrogens is 330 g/mol. The molecule has 1 atom stereocenters. The number of sulfone groups is 1. The maximum Gasteiger partial charge on any atom is 0.312 e. The van der Waals surface area contributed by atoms with E-state index in [-0.39, 0.29) is 35.5 Å². The standard InChI is InChI=1S/C17H25NO5S/c19-15(18-14-1-2-24(21,22)10-14)9-23-16(20)17-6-11-3-12(7-17)5-13(4-11)8-17/h11-14H,1-10H2,(H,18,19)/t11?,12?,13?,14-,17?/m1/s1. The Hall–Kier alpha value is -1.11. The highest BCUT2D eigenvalue weighted by atomic mass is 32.2. The Kier molecular flexibility index (Phi) is 3.90. The van der Waals surface area contributed by atoms with Gasteiger partial charge in [-0.05, 0) is 62.7 Å². The van der Waals surface area contributed by atoms with Crippen LogP contribution in [0.15, 0.2) is 0 Å². The van der Waals surface area contributed by atoms with Gasteiger partial charge in [0, 0.05) is 6.04 Å². The number of ether oxygens (including phenoxy) is 1. The van der Waals surface area contributed by atoms with Gasteiger partial charge in [0.2, 0.25) is 0 Å². The maximum absolute atomic E-state index is 12.6. The summed E-state index contributed by atoms with van der Waals surface area (Å²) in [6.45, 7) is -0.295. The van der Waals surface area contributed by atoms with Crippen LogP contribution in [0.1, 0.15) is 44.9 Å². The first-order valence-electron chi connectivity index (χ1n) is 9.01. The fraction of sp³-hybridized carbons (Fsp3) is 0.882. The normalized spacial score (nSPS) is 42.0. The van der Waals surface area contributed by atoms with Crippen molar-refractivity contribution in [3.05, 3.63) is 0 Å². The van der Waals surface area contributed by atoms with Crippen LogP contribution in [0, 0.1) is 23.2 Å². The van der Waals surface area contributed by atoms with E-state index >= 15 is 0 Å². The van der Waals surface area contributed by atoms with Crippen LogP contribution < -0.4 is 5.32 Å². The molecule has 0 radical (unpaired) electrons. The summed E-state index contributed by atoms with van der Waals surface area (Å²) in [5.41, 5.74) is -0.355. The highest BCUT2D eigenvalue weighted by Gasteiger charge is 2.55. The first-order chi connectivity index (χ1) is 11.3. The lowest BCUT2D eigenvalue weighted by Gasteiger charge is -2.55. The molecule has 4 saturated carbocycles. The summed E-state index contributed by atoms with van der Waals surface area (Å²) in [5.74, 6) is 1.46. The number of carbonyl (C=O) groups excluding carboxylic acids is 2. The molecule has 4 aliphatic carbocycles. The summed E-state index contributed by atoms with van der Waals surface area (Å²) in [5, 5.41) is 2.67. The minimum Gasteiger partial charge on any atom is -0.455 e. The highest BCUT2D eigenvalue weighted by molar-refractivity contribution is 7.91. The summed E-state index contributed by atoms with van der Waals surface area (Å²) in [4.78, 5) is 24.6. The van der Waals surface area contributed by atoms with Gasteiger partial charge >= 0.3 is 5.97 Å². The average Bonchev–Trinajstić information content (AvgIpc) is 2.82. The summed E-state index contributed by atoms with van der Waals surface area (Å²) in [6.07, 6.45) is 6.95. The van der Waals surface area contributed by atoms with Gasteiger partial charge in [0.25, 0.3) is 5.91 Å². The van der Waals surface area contributed by atoms with Gasteiger partial charge in [0.15, 0.2) is 16.4 Å². The number of rotatable bonds is 4. The Balaban J connectivity index is 1.30. The molecule has 1 N–H and O–H groups in total. The third kappa shape index (κ3) is 3.07. The van der Waals surface area contributed by atoms with Crippen molar-refractivity contribution in [1.29, 1.82) is 0 Å². The van der Waals surface area contributed by atoms with Gasteiger partial charge in [-0.3, -0.25) is 9.59 Å². The van der Waals surface area contributed by atoms with E-state index in [1.165, 1.54) is 19.3 Å². The van der Waals surface area contributed by atoms with Crippen molar-refractivity contribution in [1.82, 2.24) is 5.32 Å². The fourth-order valence-electron chi connectivity index (χ4n) is 5.82. The van der Waals surface area contributed by atoms with E-state index in [0.29, 0.717) is 24.2 Å². The quantitative estimate of drug-likeness (QED) is 0.762. The third-order valence-corrected chi connectivity index (χ3v) is 8.17. The van der Waals surface area contributed by atoms with E-state index in [1.54, 1.807) is 0 Å². The van der Waals surface area contributed by atoms with Crippen molar-refractivity contribution in [2.45, 2.75) is 51.0 Å². The van der Waals surface area contributed by atoms with Crippen molar-refractivity contribution in [2.75, 3.05) is 18.1 Å². The number of amides is 1. The SMILES string of the molecule is O=C(COC(=O)C12CC3CC(CC(C3)C1)C2)N[C@@H]1CCS(=O)(=O)C1. The van der Waals surface area contributed by atoms with Crippen LogP contribution in [-0.4, -0.2) is 44.4 Å². The van der Waals surface area contributed by atoms with Crippen LogP contribution in [0.2, 0.25) is 0 Å². The zero-order valence-electron chi connectivity index (χ0n) is 13.8. The van der Waals surface area contributed by atoms with E-state index in [9.17, 15) is 18.0 Å². The molecular formula is C17H25NO5S. The molecule has 24 heavy (non-hydrogen) atoms. The van der Waals surface area contributed by atoms with Crippen LogP contribution in [0.25, 0.3) is 0 Å². The number of hydrogen-bond donors (Lipinski definition) is 1. The van der Waals surface area contributed by atoms with Crippen LogP contribution in [0.4, 0.5) is 0 Å². The minimum atomic E-state index is -3.03. The molecule has 7 heteroatoms. The zero-order valence-corrected chi connectivity index (χ0v) is 14.6. The van der Waals surface area contributed by atoms with E-state index < -0.39 is 15.7 Å². The lowest BCUT2D eigenvalue weighted by Crippen LogP contribution is -2.51. The number of hydrogen-bond acceptors (Lipinski definition) is 5. The molecule has 5 fully saturated rings. The molecule has 0 unspecified atom stereocenters. The molecule has 5 aliphatic rings. The zero-order chi connectivity index (χ0) is 16.9. The summed E-state index contributed by atoms with van der Waals surface area (Å²) >= 11 is 0. The van der Waals surface area contributed by atoms with Crippen molar-refractivity contribution in [3.63, 3.8) is 0 Å². The van der Waals surface area contributed by atoms with Gasteiger partial charge in [-0.15, -0.1) is 0 Å². The first-order valence-corrected chi connectivity index (χ1v) is 10.8. The Labute approximate surface area is 142 Å². The van der Waals surface area contributed by atoms with Crippen LogP contribution in [-0.2, 0) is 24.2 Å². The average molecular weight is 355 g/mol.